The first-order chi connectivity index (χ1) is 11.3. The fraction of sp³-hybridized carbons (Fsp3) is 0.412. The van der Waals surface area contributed by atoms with Crippen molar-refractivity contribution in [2.24, 2.45) is 5.73 Å². The maximum absolute atomic E-state index is 12.1. The summed E-state index contributed by atoms with van der Waals surface area (Å²) in [6.45, 7) is 6.31. The highest BCUT2D eigenvalue weighted by molar-refractivity contribution is 6.35. The number of nitrogens with one attached hydrogen (secondary N) is 1. The Balaban J connectivity index is 0.00000312. The van der Waals surface area contributed by atoms with Crippen LogP contribution < -0.4 is 11.1 Å². The summed E-state index contributed by atoms with van der Waals surface area (Å²) in [4.78, 5) is 12.1. The topological polar surface area (TPSA) is 72.9 Å². The minimum absolute atomic E-state index is 0. The van der Waals surface area contributed by atoms with E-state index in [0.717, 1.165) is 29.1 Å². The van der Waals surface area contributed by atoms with Crippen LogP contribution in [0.4, 0.5) is 0 Å². The maximum Gasteiger partial charge on any atom is 0.224 e. The van der Waals surface area contributed by atoms with Crippen LogP contribution in [-0.2, 0) is 11.2 Å². The molecule has 0 spiro atoms. The van der Waals surface area contributed by atoms with Crippen LogP contribution in [0, 0.1) is 13.8 Å². The summed E-state index contributed by atoms with van der Waals surface area (Å²) in [5.74, 6) is -0.0383. The van der Waals surface area contributed by atoms with Gasteiger partial charge in [0.25, 0.3) is 0 Å². The van der Waals surface area contributed by atoms with Crippen molar-refractivity contribution in [1.29, 1.82) is 0 Å². The average Bonchev–Trinajstić information content (AvgIpc) is 2.75. The Morgan fingerprint density at radius 1 is 1.36 bits per heavy atom. The fourth-order valence-corrected chi connectivity index (χ4v) is 2.97. The number of amides is 1. The summed E-state index contributed by atoms with van der Waals surface area (Å²) in [6, 6.07) is 5.33. The molecule has 8 heteroatoms. The molecule has 5 nitrogen and oxygen atoms in total. The van der Waals surface area contributed by atoms with Crippen molar-refractivity contribution in [2.45, 2.75) is 39.7 Å². The van der Waals surface area contributed by atoms with E-state index in [4.69, 9.17) is 28.9 Å². The van der Waals surface area contributed by atoms with Crippen molar-refractivity contribution in [3.05, 3.63) is 45.2 Å². The molecule has 0 saturated heterocycles. The molecular formula is C17H23Cl3N4O. The molecule has 1 heterocycles. The smallest absolute Gasteiger partial charge is 0.224 e. The van der Waals surface area contributed by atoms with Gasteiger partial charge in [0.1, 0.15) is 0 Å². The predicted molar refractivity (Wildman–Crippen MR) is 105 cm³/mol. The van der Waals surface area contributed by atoms with Crippen LogP contribution in [0.2, 0.25) is 10.0 Å². The number of carbonyl (C=O) groups is 1. The molecule has 1 amide bonds. The van der Waals surface area contributed by atoms with E-state index in [1.165, 1.54) is 0 Å². The number of halogens is 3. The van der Waals surface area contributed by atoms with Gasteiger partial charge in [0, 0.05) is 28.9 Å². The zero-order valence-electron chi connectivity index (χ0n) is 14.5. The summed E-state index contributed by atoms with van der Waals surface area (Å²) in [5.41, 5.74) is 9.02. The summed E-state index contributed by atoms with van der Waals surface area (Å²) >= 11 is 12.2. The third-order valence-corrected chi connectivity index (χ3v) is 4.38. The number of hydrogen-bond donors (Lipinski definition) is 2. The van der Waals surface area contributed by atoms with Gasteiger partial charge < -0.3 is 11.1 Å². The molecule has 0 aliphatic carbocycles. The molecule has 0 aliphatic heterocycles. The lowest BCUT2D eigenvalue weighted by atomic mass is 10.1. The Kier molecular flexibility index (Phi) is 8.22. The zero-order chi connectivity index (χ0) is 17.9. The Morgan fingerprint density at radius 3 is 2.64 bits per heavy atom. The van der Waals surface area contributed by atoms with E-state index in [0.29, 0.717) is 16.6 Å². The molecule has 138 valence electrons. The van der Waals surface area contributed by atoms with Gasteiger partial charge in [0.15, 0.2) is 0 Å². The van der Waals surface area contributed by atoms with Crippen LogP contribution in [-0.4, -0.2) is 28.3 Å². The minimum atomic E-state index is -0.0383. The van der Waals surface area contributed by atoms with Gasteiger partial charge in [0.2, 0.25) is 5.91 Å². The fourth-order valence-electron chi connectivity index (χ4n) is 2.48. The lowest BCUT2D eigenvalue weighted by Crippen LogP contribution is -2.30. The average molecular weight is 406 g/mol. The van der Waals surface area contributed by atoms with Crippen molar-refractivity contribution in [3.63, 3.8) is 0 Å². The summed E-state index contributed by atoms with van der Waals surface area (Å²) in [5, 5.41) is 8.49. The summed E-state index contributed by atoms with van der Waals surface area (Å²) < 4.78 is 1.75. The largest absolute Gasteiger partial charge is 0.356 e. The lowest BCUT2D eigenvalue weighted by Gasteiger charge is -2.09. The first-order valence-electron chi connectivity index (χ1n) is 7.82. The van der Waals surface area contributed by atoms with Gasteiger partial charge in [-0.1, -0.05) is 23.2 Å². The number of nitrogens with two attached hydrogens (primary N) is 1. The summed E-state index contributed by atoms with van der Waals surface area (Å²) in [6.07, 6.45) is 1.03. The second kappa shape index (κ2) is 9.43. The predicted octanol–water partition coefficient (Wildman–Crippen LogP) is 3.61. The van der Waals surface area contributed by atoms with Crippen molar-refractivity contribution in [3.8, 4) is 5.69 Å². The van der Waals surface area contributed by atoms with Crippen molar-refractivity contribution in [2.75, 3.05) is 6.54 Å². The molecule has 0 bridgehead atoms. The third kappa shape index (κ3) is 5.61. The molecule has 25 heavy (non-hydrogen) atoms. The van der Waals surface area contributed by atoms with Gasteiger partial charge in [-0.25, -0.2) is 4.68 Å². The van der Waals surface area contributed by atoms with Gasteiger partial charge in [-0.2, -0.15) is 5.10 Å². The highest BCUT2D eigenvalue weighted by Crippen LogP contribution is 2.27. The number of hydrogen-bond acceptors (Lipinski definition) is 3. The van der Waals surface area contributed by atoms with Crippen LogP contribution in [0.3, 0.4) is 0 Å². The molecule has 1 atom stereocenters. The first kappa shape index (κ1) is 21.8. The van der Waals surface area contributed by atoms with Crippen LogP contribution in [0.1, 0.15) is 30.3 Å². The standard InChI is InChI=1S/C17H22Cl2N4O.ClH/c1-10(20)6-7-21-17(24)9-14-11(2)22-23(12(14)3)16-5-4-13(18)8-15(16)19;/h4-5,8,10H,6-7,9,20H2,1-3H3,(H,21,24);1H. The Labute approximate surface area is 164 Å². The first-order valence-corrected chi connectivity index (χ1v) is 8.58. The number of aromatic nitrogens is 2. The molecule has 0 radical (unpaired) electrons. The van der Waals surface area contributed by atoms with Crippen LogP contribution in [0.15, 0.2) is 18.2 Å². The van der Waals surface area contributed by atoms with E-state index in [-0.39, 0.29) is 30.8 Å². The van der Waals surface area contributed by atoms with E-state index >= 15 is 0 Å². The van der Waals surface area contributed by atoms with Crippen molar-refractivity contribution >= 4 is 41.5 Å². The Hall–Kier alpha value is -1.27. The van der Waals surface area contributed by atoms with E-state index < -0.39 is 0 Å². The molecule has 2 rings (SSSR count). The summed E-state index contributed by atoms with van der Waals surface area (Å²) in [7, 11) is 0. The van der Waals surface area contributed by atoms with E-state index in [1.807, 2.05) is 26.8 Å². The van der Waals surface area contributed by atoms with E-state index in [2.05, 4.69) is 10.4 Å². The molecule has 2 aromatic rings. The maximum atomic E-state index is 12.1. The number of rotatable bonds is 6. The van der Waals surface area contributed by atoms with E-state index in [1.54, 1.807) is 16.8 Å². The lowest BCUT2D eigenvalue weighted by molar-refractivity contribution is -0.120. The van der Waals surface area contributed by atoms with Crippen LogP contribution >= 0.6 is 35.6 Å². The number of aryl methyl sites for hydroxylation is 1. The van der Waals surface area contributed by atoms with Gasteiger partial charge in [-0.3, -0.25) is 4.79 Å². The van der Waals surface area contributed by atoms with Crippen LogP contribution in [0.25, 0.3) is 5.69 Å². The molecule has 1 aromatic heterocycles. The second-order valence-corrected chi connectivity index (χ2v) is 6.79. The van der Waals surface area contributed by atoms with Crippen LogP contribution in [0.5, 0.6) is 0 Å². The van der Waals surface area contributed by atoms with Gasteiger partial charge in [-0.05, 0) is 45.4 Å². The van der Waals surface area contributed by atoms with Crippen molar-refractivity contribution in [1.82, 2.24) is 15.1 Å². The molecule has 0 saturated carbocycles. The quantitative estimate of drug-likeness (QED) is 0.771. The minimum Gasteiger partial charge on any atom is -0.356 e. The van der Waals surface area contributed by atoms with Gasteiger partial charge in [0.05, 0.1) is 22.8 Å². The highest BCUT2D eigenvalue weighted by Gasteiger charge is 2.17. The van der Waals surface area contributed by atoms with Crippen molar-refractivity contribution < 1.29 is 4.79 Å². The molecule has 1 unspecified atom stereocenters. The number of carbonyl (C=O) groups excluding carboxylic acids is 1. The van der Waals surface area contributed by atoms with Gasteiger partial charge in [-0.15, -0.1) is 12.4 Å². The second-order valence-electron chi connectivity index (χ2n) is 5.95. The third-order valence-electron chi connectivity index (χ3n) is 3.84. The number of nitrogens with zero attached hydrogens (tertiary/aromatic N) is 2. The number of benzene rings is 1. The molecule has 0 aliphatic rings. The van der Waals surface area contributed by atoms with E-state index in [9.17, 15) is 4.79 Å². The normalized spacial score (nSPS) is 11.8. The van der Waals surface area contributed by atoms with Gasteiger partial charge >= 0.3 is 0 Å². The monoisotopic (exact) mass is 404 g/mol. The SMILES string of the molecule is Cc1nn(-c2ccc(Cl)cc2Cl)c(C)c1CC(=O)NCCC(C)N.Cl. The molecular weight excluding hydrogens is 383 g/mol. The Morgan fingerprint density at radius 2 is 2.04 bits per heavy atom. The molecule has 1 aromatic carbocycles. The Bertz CT molecular complexity index is 744. The zero-order valence-corrected chi connectivity index (χ0v) is 16.8. The molecule has 0 fully saturated rings. The highest BCUT2D eigenvalue weighted by atomic mass is 35.5. The molecule has 3 N–H and O–H groups in total.